The first-order valence-corrected chi connectivity index (χ1v) is 6.87. The third-order valence-electron chi connectivity index (χ3n) is 4.39. The van der Waals surface area contributed by atoms with E-state index in [1.807, 2.05) is 6.92 Å². The van der Waals surface area contributed by atoms with E-state index >= 15 is 0 Å². The van der Waals surface area contributed by atoms with Gasteiger partial charge in [-0.1, -0.05) is 0 Å². The van der Waals surface area contributed by atoms with E-state index in [1.54, 1.807) is 0 Å². The van der Waals surface area contributed by atoms with Crippen molar-refractivity contribution < 1.29 is 4.79 Å². The summed E-state index contributed by atoms with van der Waals surface area (Å²) in [4.78, 5) is 16.7. The van der Waals surface area contributed by atoms with Crippen molar-refractivity contribution in [3.63, 3.8) is 0 Å². The Morgan fingerprint density at radius 3 is 2.67 bits per heavy atom. The molecule has 2 atom stereocenters. The van der Waals surface area contributed by atoms with Crippen LogP contribution in [0.2, 0.25) is 0 Å². The van der Waals surface area contributed by atoms with E-state index in [0.717, 1.165) is 32.5 Å². The number of rotatable bonds is 4. The number of amides is 1. The van der Waals surface area contributed by atoms with Gasteiger partial charge in [0.05, 0.1) is 5.54 Å². The molecule has 1 aliphatic carbocycles. The fourth-order valence-corrected chi connectivity index (χ4v) is 2.59. The van der Waals surface area contributed by atoms with Crippen molar-refractivity contribution in [2.75, 3.05) is 40.3 Å². The van der Waals surface area contributed by atoms with Crippen LogP contribution < -0.4 is 11.1 Å². The zero-order chi connectivity index (χ0) is 13.3. The van der Waals surface area contributed by atoms with E-state index in [0.29, 0.717) is 18.5 Å². The van der Waals surface area contributed by atoms with Gasteiger partial charge in [0.25, 0.3) is 0 Å². The van der Waals surface area contributed by atoms with Crippen molar-refractivity contribution in [2.24, 2.45) is 11.7 Å². The highest BCUT2D eigenvalue weighted by molar-refractivity contribution is 5.86. The molecule has 0 aromatic rings. The number of nitrogens with zero attached hydrogens (tertiary/aromatic N) is 2. The number of nitrogens with one attached hydrogen (secondary N) is 1. The van der Waals surface area contributed by atoms with Crippen LogP contribution >= 0.6 is 0 Å². The summed E-state index contributed by atoms with van der Waals surface area (Å²) in [5.41, 5.74) is 5.43. The number of carbonyl (C=O) groups is 1. The molecule has 5 heteroatoms. The first-order chi connectivity index (χ1) is 8.41. The molecular formula is C13H26N4O. The Bertz CT molecular complexity index is 314. The highest BCUT2D eigenvalue weighted by Gasteiger charge is 2.44. The Labute approximate surface area is 110 Å². The standard InChI is InChI=1S/C13H26N4O/c1-13(14,10-4-5-10)12(18)15-8-11-9-16(2)6-7-17(11)3/h10-11H,4-9,14H2,1-3H3,(H,15,18). The van der Waals surface area contributed by atoms with Crippen LogP contribution in [0.4, 0.5) is 0 Å². The molecule has 2 fully saturated rings. The first-order valence-electron chi connectivity index (χ1n) is 6.87. The van der Waals surface area contributed by atoms with Crippen LogP contribution in [0, 0.1) is 5.92 Å². The molecule has 0 spiro atoms. The summed E-state index contributed by atoms with van der Waals surface area (Å²) in [5, 5.41) is 3.03. The monoisotopic (exact) mass is 254 g/mol. The maximum absolute atomic E-state index is 12.1. The van der Waals surface area contributed by atoms with Crippen molar-refractivity contribution in [3.05, 3.63) is 0 Å². The number of hydrogen-bond donors (Lipinski definition) is 2. The van der Waals surface area contributed by atoms with Crippen molar-refractivity contribution >= 4 is 5.91 Å². The number of nitrogens with two attached hydrogens (primary N) is 1. The molecule has 2 aliphatic rings. The molecule has 0 aromatic heterocycles. The van der Waals surface area contributed by atoms with Gasteiger partial charge < -0.3 is 16.0 Å². The van der Waals surface area contributed by atoms with Gasteiger partial charge >= 0.3 is 0 Å². The molecule has 104 valence electrons. The van der Waals surface area contributed by atoms with Crippen molar-refractivity contribution in [1.82, 2.24) is 15.1 Å². The summed E-state index contributed by atoms with van der Waals surface area (Å²) < 4.78 is 0. The molecule has 18 heavy (non-hydrogen) atoms. The lowest BCUT2D eigenvalue weighted by atomic mass is 9.96. The van der Waals surface area contributed by atoms with Gasteiger partial charge in [0.1, 0.15) is 0 Å². The summed E-state index contributed by atoms with van der Waals surface area (Å²) >= 11 is 0. The van der Waals surface area contributed by atoms with Crippen molar-refractivity contribution in [3.8, 4) is 0 Å². The minimum absolute atomic E-state index is 0.00614. The van der Waals surface area contributed by atoms with E-state index in [2.05, 4.69) is 29.2 Å². The predicted octanol–water partition coefficient (Wildman–Crippen LogP) is -0.524. The van der Waals surface area contributed by atoms with Gasteiger partial charge in [0.15, 0.2) is 0 Å². The van der Waals surface area contributed by atoms with Gasteiger partial charge in [-0.2, -0.15) is 0 Å². The molecule has 1 saturated carbocycles. The average Bonchev–Trinajstić information content (AvgIpc) is 3.14. The van der Waals surface area contributed by atoms with Crippen molar-refractivity contribution in [2.45, 2.75) is 31.3 Å². The molecular weight excluding hydrogens is 228 g/mol. The predicted molar refractivity (Wildman–Crippen MR) is 72.2 cm³/mol. The molecule has 2 unspecified atom stereocenters. The largest absolute Gasteiger partial charge is 0.353 e. The maximum atomic E-state index is 12.1. The lowest BCUT2D eigenvalue weighted by Crippen LogP contribution is -2.58. The van der Waals surface area contributed by atoms with E-state index in [9.17, 15) is 4.79 Å². The van der Waals surface area contributed by atoms with Crippen LogP contribution in [0.1, 0.15) is 19.8 Å². The molecule has 3 N–H and O–H groups in total. The van der Waals surface area contributed by atoms with Gasteiger partial charge in [0, 0.05) is 32.2 Å². The third-order valence-corrected chi connectivity index (χ3v) is 4.39. The Morgan fingerprint density at radius 2 is 2.06 bits per heavy atom. The first kappa shape index (κ1) is 13.8. The van der Waals surface area contributed by atoms with Crippen LogP contribution in [-0.2, 0) is 4.79 Å². The average molecular weight is 254 g/mol. The summed E-state index contributed by atoms with van der Waals surface area (Å²) in [5.74, 6) is 0.385. The Hall–Kier alpha value is -0.650. The second kappa shape index (κ2) is 5.15. The minimum atomic E-state index is -0.681. The molecule has 1 amide bonds. The molecule has 0 bridgehead atoms. The minimum Gasteiger partial charge on any atom is -0.353 e. The summed E-state index contributed by atoms with van der Waals surface area (Å²) in [7, 11) is 4.24. The van der Waals surface area contributed by atoms with Gasteiger partial charge in [-0.15, -0.1) is 0 Å². The third kappa shape index (κ3) is 3.02. The SMILES string of the molecule is CN1CCN(C)C(CNC(=O)C(C)(N)C2CC2)C1. The van der Waals surface area contributed by atoms with Crippen LogP contribution in [-0.4, -0.2) is 67.6 Å². The Balaban J connectivity index is 1.81. The molecule has 2 rings (SSSR count). The highest BCUT2D eigenvalue weighted by Crippen LogP contribution is 2.38. The lowest BCUT2D eigenvalue weighted by molar-refractivity contribution is -0.126. The quantitative estimate of drug-likeness (QED) is 0.708. The van der Waals surface area contributed by atoms with E-state index in [-0.39, 0.29) is 5.91 Å². The second-order valence-corrected chi connectivity index (χ2v) is 6.16. The summed E-state index contributed by atoms with van der Waals surface area (Å²) in [6.07, 6.45) is 2.18. The second-order valence-electron chi connectivity index (χ2n) is 6.16. The summed E-state index contributed by atoms with van der Waals surface area (Å²) in [6.45, 7) is 5.70. The fourth-order valence-electron chi connectivity index (χ4n) is 2.59. The van der Waals surface area contributed by atoms with Crippen LogP contribution in [0.3, 0.4) is 0 Å². The number of hydrogen-bond acceptors (Lipinski definition) is 4. The number of piperazine rings is 1. The van der Waals surface area contributed by atoms with Crippen molar-refractivity contribution in [1.29, 1.82) is 0 Å². The molecule has 1 aliphatic heterocycles. The fraction of sp³-hybridized carbons (Fsp3) is 0.923. The molecule has 1 saturated heterocycles. The zero-order valence-electron chi connectivity index (χ0n) is 11.8. The Morgan fingerprint density at radius 1 is 1.39 bits per heavy atom. The zero-order valence-corrected chi connectivity index (χ0v) is 11.8. The van der Waals surface area contributed by atoms with E-state index in [1.165, 1.54) is 0 Å². The van der Waals surface area contributed by atoms with Gasteiger partial charge in [-0.05, 0) is 39.8 Å². The van der Waals surface area contributed by atoms with Crippen LogP contribution in [0.5, 0.6) is 0 Å². The Kier molecular flexibility index (Phi) is 3.94. The molecule has 0 radical (unpaired) electrons. The molecule has 0 aromatic carbocycles. The van der Waals surface area contributed by atoms with Gasteiger partial charge in [-0.25, -0.2) is 0 Å². The maximum Gasteiger partial charge on any atom is 0.240 e. The van der Waals surface area contributed by atoms with Crippen LogP contribution in [0.25, 0.3) is 0 Å². The van der Waals surface area contributed by atoms with E-state index in [4.69, 9.17) is 5.73 Å². The smallest absolute Gasteiger partial charge is 0.240 e. The highest BCUT2D eigenvalue weighted by atomic mass is 16.2. The topological polar surface area (TPSA) is 61.6 Å². The van der Waals surface area contributed by atoms with Gasteiger partial charge in [0.2, 0.25) is 5.91 Å². The van der Waals surface area contributed by atoms with E-state index < -0.39 is 5.54 Å². The lowest BCUT2D eigenvalue weighted by Gasteiger charge is -2.38. The van der Waals surface area contributed by atoms with Gasteiger partial charge in [-0.3, -0.25) is 9.69 Å². The number of likely N-dealkylation sites (N-methyl/N-ethyl adjacent to an activating group) is 2. The number of carbonyl (C=O) groups excluding carboxylic acids is 1. The normalized spacial score (nSPS) is 29.9. The van der Waals surface area contributed by atoms with Crippen LogP contribution in [0.15, 0.2) is 0 Å². The summed E-state index contributed by atoms with van der Waals surface area (Å²) in [6, 6.07) is 0.391. The molecule has 5 nitrogen and oxygen atoms in total. The molecule has 1 heterocycles.